The van der Waals surface area contributed by atoms with Crippen molar-refractivity contribution in [2.75, 3.05) is 19.0 Å². The molecule has 1 atom stereocenters. The van der Waals surface area contributed by atoms with E-state index in [-0.39, 0.29) is 12.3 Å². The quantitative estimate of drug-likeness (QED) is 0.217. The Morgan fingerprint density at radius 3 is 2.53 bits per heavy atom. The molecular formula is C23H23N5O5S. The van der Waals surface area contributed by atoms with Gasteiger partial charge in [-0.2, -0.15) is 4.98 Å². The second-order valence-corrected chi connectivity index (χ2v) is 8.38. The number of esters is 1. The molecule has 0 saturated carbocycles. The van der Waals surface area contributed by atoms with Crippen LogP contribution in [0.5, 0.6) is 5.75 Å². The van der Waals surface area contributed by atoms with Crippen molar-refractivity contribution < 1.29 is 19.2 Å². The van der Waals surface area contributed by atoms with Gasteiger partial charge in [0.25, 0.3) is 5.69 Å². The molecule has 2 heterocycles. The molecule has 0 bridgehead atoms. The van der Waals surface area contributed by atoms with Gasteiger partial charge < -0.3 is 14.8 Å². The minimum absolute atomic E-state index is 0.0453. The van der Waals surface area contributed by atoms with Crippen molar-refractivity contribution in [1.29, 1.82) is 0 Å². The number of nitrogens with zero attached hydrogens (tertiary/aromatic N) is 4. The third-order valence-electron chi connectivity index (χ3n) is 5.28. The summed E-state index contributed by atoms with van der Waals surface area (Å²) in [5.74, 6) is 1.33. The molecule has 10 nitrogen and oxygen atoms in total. The summed E-state index contributed by atoms with van der Waals surface area (Å²) in [5.41, 5.74) is 2.89. The van der Waals surface area contributed by atoms with Gasteiger partial charge >= 0.3 is 5.97 Å². The number of nitro benzene ring substituents is 1. The van der Waals surface area contributed by atoms with Crippen molar-refractivity contribution >= 4 is 29.4 Å². The molecule has 34 heavy (non-hydrogen) atoms. The van der Waals surface area contributed by atoms with Crippen molar-refractivity contribution in [3.63, 3.8) is 0 Å². The molecule has 0 spiro atoms. The number of fused-ring (bicyclic) bond motifs is 1. The van der Waals surface area contributed by atoms with Crippen LogP contribution >= 0.6 is 11.8 Å². The van der Waals surface area contributed by atoms with Crippen molar-refractivity contribution in [1.82, 2.24) is 14.8 Å². The molecule has 176 valence electrons. The lowest BCUT2D eigenvalue weighted by atomic mass is 9.96. The van der Waals surface area contributed by atoms with Crippen LogP contribution in [-0.2, 0) is 15.3 Å². The zero-order chi connectivity index (χ0) is 24.2. The summed E-state index contributed by atoms with van der Waals surface area (Å²) in [6, 6.07) is 13.3. The van der Waals surface area contributed by atoms with E-state index < -0.39 is 16.9 Å². The Kier molecular flexibility index (Phi) is 6.82. The average Bonchev–Trinajstić information content (AvgIpc) is 3.24. The number of hydrogen-bond acceptors (Lipinski definition) is 9. The van der Waals surface area contributed by atoms with E-state index in [4.69, 9.17) is 9.47 Å². The van der Waals surface area contributed by atoms with Gasteiger partial charge in [-0.05, 0) is 37.1 Å². The van der Waals surface area contributed by atoms with E-state index in [2.05, 4.69) is 15.4 Å². The Morgan fingerprint density at radius 2 is 1.91 bits per heavy atom. The van der Waals surface area contributed by atoms with E-state index in [1.807, 2.05) is 31.2 Å². The van der Waals surface area contributed by atoms with Gasteiger partial charge in [-0.1, -0.05) is 36.0 Å². The first-order chi connectivity index (χ1) is 16.4. The van der Waals surface area contributed by atoms with Crippen LogP contribution in [0.2, 0.25) is 0 Å². The largest absolute Gasteiger partial charge is 0.497 e. The third kappa shape index (κ3) is 4.74. The predicted molar refractivity (Wildman–Crippen MR) is 127 cm³/mol. The topological polar surface area (TPSA) is 121 Å². The van der Waals surface area contributed by atoms with Gasteiger partial charge in [-0.25, -0.2) is 9.48 Å². The van der Waals surface area contributed by atoms with Gasteiger partial charge in [0.15, 0.2) is 0 Å². The second-order valence-electron chi connectivity index (χ2n) is 7.43. The first-order valence-electron chi connectivity index (χ1n) is 10.5. The van der Waals surface area contributed by atoms with E-state index in [1.165, 1.54) is 23.9 Å². The van der Waals surface area contributed by atoms with Gasteiger partial charge in [0, 0.05) is 23.6 Å². The number of benzene rings is 2. The number of ether oxygens (including phenoxy) is 2. The summed E-state index contributed by atoms with van der Waals surface area (Å²) in [7, 11) is 1.59. The molecule has 0 saturated heterocycles. The molecule has 0 fully saturated rings. The van der Waals surface area contributed by atoms with Crippen LogP contribution in [0.4, 0.5) is 11.6 Å². The summed E-state index contributed by atoms with van der Waals surface area (Å²) in [5, 5.41) is 19.2. The first kappa shape index (κ1) is 23.3. The fourth-order valence-corrected chi connectivity index (χ4v) is 4.41. The van der Waals surface area contributed by atoms with Gasteiger partial charge in [-0.3, -0.25) is 10.1 Å². The molecule has 1 aromatic heterocycles. The number of methoxy groups -OCH3 is 1. The van der Waals surface area contributed by atoms with Crippen molar-refractivity contribution in [3.8, 4) is 5.75 Å². The average molecular weight is 482 g/mol. The summed E-state index contributed by atoms with van der Waals surface area (Å²) in [6.45, 7) is 3.83. The molecule has 1 N–H and O–H groups in total. The number of anilines is 1. The van der Waals surface area contributed by atoms with Crippen LogP contribution < -0.4 is 10.1 Å². The van der Waals surface area contributed by atoms with Crippen LogP contribution in [0, 0.1) is 10.1 Å². The molecular weight excluding hydrogens is 458 g/mol. The van der Waals surface area contributed by atoms with Crippen LogP contribution in [-0.4, -0.2) is 39.4 Å². The fraction of sp³-hybridized carbons (Fsp3) is 0.261. The maximum Gasteiger partial charge on any atom is 0.338 e. The highest BCUT2D eigenvalue weighted by atomic mass is 32.2. The lowest BCUT2D eigenvalue weighted by Crippen LogP contribution is -2.29. The van der Waals surface area contributed by atoms with E-state index >= 15 is 0 Å². The monoisotopic (exact) mass is 481 g/mol. The number of hydrogen-bond donors (Lipinski definition) is 1. The third-order valence-corrected chi connectivity index (χ3v) is 6.18. The fourth-order valence-electron chi connectivity index (χ4n) is 3.62. The molecule has 1 aliphatic heterocycles. The Hall–Kier alpha value is -3.86. The predicted octanol–water partition coefficient (Wildman–Crippen LogP) is 4.34. The van der Waals surface area contributed by atoms with E-state index in [1.54, 1.807) is 30.8 Å². The standard InChI is InChI=1S/C23H23N5O5S/c1-4-33-21(29)19-14(2)24-22-25-23(34-13-15-5-9-17(10-6-15)28(30)31)26-27(22)20(19)16-7-11-18(32-3)12-8-16/h5-12,20H,4,13H2,1-3H3,(H,24,25,26)/t20-/m1/s1. The zero-order valence-corrected chi connectivity index (χ0v) is 19.7. The van der Waals surface area contributed by atoms with Gasteiger partial charge in [0.2, 0.25) is 11.1 Å². The van der Waals surface area contributed by atoms with Crippen LogP contribution in [0.3, 0.4) is 0 Å². The maximum atomic E-state index is 12.9. The molecule has 11 heteroatoms. The van der Waals surface area contributed by atoms with Crippen molar-refractivity contribution in [3.05, 3.63) is 81.0 Å². The number of non-ortho nitro benzene ring substituents is 1. The lowest BCUT2D eigenvalue weighted by Gasteiger charge is -2.28. The number of rotatable bonds is 8. The van der Waals surface area contributed by atoms with Crippen LogP contribution in [0.25, 0.3) is 0 Å². The number of allylic oxidation sites excluding steroid dienone is 1. The van der Waals surface area contributed by atoms with Crippen LogP contribution in [0.1, 0.15) is 31.0 Å². The molecule has 1 aliphatic rings. The van der Waals surface area contributed by atoms with Crippen molar-refractivity contribution in [2.24, 2.45) is 0 Å². The number of aromatic nitrogens is 3. The summed E-state index contributed by atoms with van der Waals surface area (Å²) in [6.07, 6.45) is 0. The summed E-state index contributed by atoms with van der Waals surface area (Å²) < 4.78 is 12.3. The minimum Gasteiger partial charge on any atom is -0.497 e. The molecule has 4 rings (SSSR count). The Bertz CT molecular complexity index is 1240. The number of carbonyl (C=O) groups is 1. The maximum absolute atomic E-state index is 12.9. The smallest absolute Gasteiger partial charge is 0.338 e. The highest BCUT2D eigenvalue weighted by molar-refractivity contribution is 7.98. The molecule has 2 aromatic carbocycles. The Balaban J connectivity index is 1.64. The SMILES string of the molecule is CCOC(=O)C1=C(C)Nc2nc(SCc3ccc([N+](=O)[O-])cc3)nn2[C@@H]1c1ccc(OC)cc1. The first-order valence-corrected chi connectivity index (χ1v) is 11.5. The highest BCUT2D eigenvalue weighted by Gasteiger charge is 2.35. The Morgan fingerprint density at radius 1 is 1.21 bits per heavy atom. The minimum atomic E-state index is -0.526. The van der Waals surface area contributed by atoms with E-state index in [0.717, 1.165) is 11.1 Å². The van der Waals surface area contributed by atoms with E-state index in [0.29, 0.717) is 33.9 Å². The number of nitro groups is 1. The number of thioether (sulfide) groups is 1. The summed E-state index contributed by atoms with van der Waals surface area (Å²) >= 11 is 1.40. The van der Waals surface area contributed by atoms with Gasteiger partial charge in [0.05, 0.1) is 24.2 Å². The van der Waals surface area contributed by atoms with Gasteiger partial charge in [0.1, 0.15) is 11.8 Å². The molecule has 0 unspecified atom stereocenters. The van der Waals surface area contributed by atoms with E-state index in [9.17, 15) is 14.9 Å². The van der Waals surface area contributed by atoms with Gasteiger partial charge in [-0.15, -0.1) is 5.10 Å². The molecule has 3 aromatic rings. The number of carbonyl (C=O) groups excluding carboxylic acids is 1. The zero-order valence-electron chi connectivity index (χ0n) is 18.8. The van der Waals surface area contributed by atoms with Crippen LogP contribution in [0.15, 0.2) is 65.0 Å². The second kappa shape index (κ2) is 9.96. The highest BCUT2D eigenvalue weighted by Crippen LogP contribution is 2.37. The molecule has 0 radical (unpaired) electrons. The molecule has 0 aliphatic carbocycles. The lowest BCUT2D eigenvalue weighted by molar-refractivity contribution is -0.384. The molecule has 0 amide bonds. The summed E-state index contributed by atoms with van der Waals surface area (Å²) in [4.78, 5) is 27.9. The Labute approximate surface area is 200 Å². The number of nitrogens with one attached hydrogen (secondary N) is 1. The normalized spacial score (nSPS) is 14.9. The van der Waals surface area contributed by atoms with Crippen molar-refractivity contribution in [2.45, 2.75) is 30.8 Å².